The highest BCUT2D eigenvalue weighted by Gasteiger charge is 2.38. The van der Waals surface area contributed by atoms with Crippen LogP contribution in [-0.4, -0.2) is 42.9 Å². The fourth-order valence-electron chi connectivity index (χ4n) is 2.16. The summed E-state index contributed by atoms with van der Waals surface area (Å²) < 4.78 is 18.8. The molecule has 0 amide bonds. The summed E-state index contributed by atoms with van der Waals surface area (Å²) in [5.41, 5.74) is 0.392. The smallest absolute Gasteiger partial charge is 0.356 e. The molecule has 0 aliphatic heterocycles. The van der Waals surface area contributed by atoms with E-state index in [1.165, 1.54) is 0 Å². The van der Waals surface area contributed by atoms with Crippen LogP contribution >= 0.6 is 0 Å². The number of rotatable bonds is 8. The molecule has 25 heavy (non-hydrogen) atoms. The van der Waals surface area contributed by atoms with Gasteiger partial charge in [0.25, 0.3) is 0 Å². The molecular weight excluding hydrogens is 336 g/mol. The number of carbonyl (C=O) groups excluding carboxylic acids is 1. The van der Waals surface area contributed by atoms with E-state index in [9.17, 15) is 4.79 Å². The first-order valence-electron chi connectivity index (χ1n) is 8.96. The molecule has 0 aliphatic rings. The third-order valence-corrected chi connectivity index (χ3v) is 8.93. The number of esters is 1. The van der Waals surface area contributed by atoms with E-state index in [-0.39, 0.29) is 17.2 Å². The van der Waals surface area contributed by atoms with Crippen LogP contribution in [0, 0.1) is 0 Å². The maximum Gasteiger partial charge on any atom is 0.356 e. The Labute approximate surface area is 153 Å². The maximum atomic E-state index is 12.2. The second kappa shape index (κ2) is 8.36. The van der Waals surface area contributed by atoms with Gasteiger partial charge in [0.05, 0.1) is 25.4 Å². The minimum atomic E-state index is -1.89. The van der Waals surface area contributed by atoms with Crippen molar-refractivity contribution in [3.63, 3.8) is 0 Å². The van der Waals surface area contributed by atoms with Crippen LogP contribution in [0.1, 0.15) is 59.0 Å². The maximum absolute atomic E-state index is 12.2. The van der Waals surface area contributed by atoms with Crippen LogP contribution in [0.5, 0.6) is 5.88 Å². The average molecular weight is 371 g/mol. The van der Waals surface area contributed by atoms with E-state index in [1.807, 2.05) is 20.8 Å². The van der Waals surface area contributed by atoms with Crippen molar-refractivity contribution in [2.75, 3.05) is 6.61 Å². The van der Waals surface area contributed by atoms with Gasteiger partial charge in [-0.25, -0.2) is 4.79 Å². The van der Waals surface area contributed by atoms with Crippen molar-refractivity contribution in [1.82, 2.24) is 9.78 Å². The third kappa shape index (κ3) is 6.15. The summed E-state index contributed by atoms with van der Waals surface area (Å²) in [5.74, 6) is 0.0331. The van der Waals surface area contributed by atoms with Gasteiger partial charge in [-0.3, -0.25) is 4.68 Å². The Morgan fingerprint density at radius 1 is 1.28 bits per heavy atom. The third-order valence-electron chi connectivity index (χ3n) is 4.33. The highest BCUT2D eigenvalue weighted by molar-refractivity contribution is 6.74. The normalized spacial score (nSPS) is 13.8. The highest BCUT2D eigenvalue weighted by atomic mass is 28.4. The monoisotopic (exact) mass is 370 g/mol. The Bertz CT molecular complexity index is 576. The summed E-state index contributed by atoms with van der Waals surface area (Å²) in [6.07, 6.45) is -0.0832. The fraction of sp³-hybridized carbons (Fsp3) is 0.778. The number of aromatic nitrogens is 2. The molecule has 1 atom stereocenters. The van der Waals surface area contributed by atoms with E-state index in [2.05, 4.69) is 39.0 Å². The van der Waals surface area contributed by atoms with E-state index in [0.717, 1.165) is 0 Å². The SMILES string of the molecule is CCOC(=O)c1cc(OC(C)C)nn1C[C@H](C)O[Si](C)(C)C(C)(C)C. The molecule has 0 saturated heterocycles. The van der Waals surface area contributed by atoms with Crippen molar-refractivity contribution in [3.8, 4) is 5.88 Å². The Morgan fingerprint density at radius 3 is 2.36 bits per heavy atom. The molecule has 1 rings (SSSR count). The summed E-state index contributed by atoms with van der Waals surface area (Å²) in [6.45, 7) is 19.5. The van der Waals surface area contributed by atoms with Crippen LogP contribution in [0.3, 0.4) is 0 Å². The largest absolute Gasteiger partial charge is 0.474 e. The van der Waals surface area contributed by atoms with Crippen LogP contribution < -0.4 is 4.74 Å². The van der Waals surface area contributed by atoms with Crippen molar-refractivity contribution in [2.45, 2.75) is 85.4 Å². The van der Waals surface area contributed by atoms with Crippen molar-refractivity contribution >= 4 is 14.3 Å². The molecule has 0 aromatic carbocycles. The predicted molar refractivity (Wildman–Crippen MR) is 102 cm³/mol. The standard InChI is InChI=1S/C18H34N2O4Si/c1-10-22-17(21)15-11-16(23-13(2)3)19-20(15)12-14(4)24-25(8,9)18(5,6)7/h11,13-14H,10,12H2,1-9H3/t14-/m0/s1. The van der Waals surface area contributed by atoms with Gasteiger partial charge in [0.2, 0.25) is 5.88 Å². The molecule has 1 aromatic heterocycles. The Kier molecular flexibility index (Phi) is 7.25. The molecule has 7 heteroatoms. The molecule has 0 fully saturated rings. The summed E-state index contributed by atoms with van der Waals surface area (Å²) in [4.78, 5) is 12.2. The first-order chi connectivity index (χ1) is 11.4. The molecule has 1 heterocycles. The number of hydrogen-bond acceptors (Lipinski definition) is 5. The van der Waals surface area contributed by atoms with Crippen LogP contribution in [0.2, 0.25) is 18.1 Å². The second-order valence-corrected chi connectivity index (χ2v) is 12.9. The zero-order valence-corrected chi connectivity index (χ0v) is 18.2. The van der Waals surface area contributed by atoms with Gasteiger partial charge in [0.15, 0.2) is 14.0 Å². The molecular formula is C18H34N2O4Si. The van der Waals surface area contributed by atoms with E-state index in [0.29, 0.717) is 24.7 Å². The molecule has 0 N–H and O–H groups in total. The first-order valence-corrected chi connectivity index (χ1v) is 11.9. The van der Waals surface area contributed by atoms with Crippen molar-refractivity contribution in [2.24, 2.45) is 0 Å². The van der Waals surface area contributed by atoms with E-state index < -0.39 is 14.3 Å². The second-order valence-electron chi connectivity index (χ2n) is 8.13. The molecule has 1 aromatic rings. The zero-order chi connectivity index (χ0) is 19.4. The fourth-order valence-corrected chi connectivity index (χ4v) is 3.60. The number of nitrogens with zero attached hydrogens (tertiary/aromatic N) is 2. The number of ether oxygens (including phenoxy) is 2. The Morgan fingerprint density at radius 2 is 1.88 bits per heavy atom. The lowest BCUT2D eigenvalue weighted by molar-refractivity contribution is 0.0508. The van der Waals surface area contributed by atoms with Crippen molar-refractivity contribution in [3.05, 3.63) is 11.8 Å². The zero-order valence-electron chi connectivity index (χ0n) is 17.2. The first kappa shape index (κ1) is 21.7. The predicted octanol–water partition coefficient (Wildman–Crippen LogP) is 4.26. The summed E-state index contributed by atoms with van der Waals surface area (Å²) in [6, 6.07) is 1.64. The summed E-state index contributed by atoms with van der Waals surface area (Å²) in [7, 11) is -1.89. The van der Waals surface area contributed by atoms with Gasteiger partial charge in [-0.1, -0.05) is 20.8 Å². The quantitative estimate of drug-likeness (QED) is 0.505. The van der Waals surface area contributed by atoms with Gasteiger partial charge in [-0.2, -0.15) is 0 Å². The molecule has 0 bridgehead atoms. The molecule has 6 nitrogen and oxygen atoms in total. The molecule has 0 saturated carbocycles. The van der Waals surface area contributed by atoms with Crippen LogP contribution in [-0.2, 0) is 15.7 Å². The van der Waals surface area contributed by atoms with E-state index in [1.54, 1.807) is 17.7 Å². The molecule has 0 unspecified atom stereocenters. The number of carbonyl (C=O) groups is 1. The molecule has 0 radical (unpaired) electrons. The van der Waals surface area contributed by atoms with E-state index in [4.69, 9.17) is 13.9 Å². The van der Waals surface area contributed by atoms with Crippen molar-refractivity contribution < 1.29 is 18.7 Å². The van der Waals surface area contributed by atoms with Crippen molar-refractivity contribution in [1.29, 1.82) is 0 Å². The lowest BCUT2D eigenvalue weighted by Crippen LogP contribution is -2.44. The average Bonchev–Trinajstić information content (AvgIpc) is 2.78. The molecule has 144 valence electrons. The van der Waals surface area contributed by atoms with Gasteiger partial charge >= 0.3 is 5.97 Å². The Hall–Kier alpha value is -1.34. The highest BCUT2D eigenvalue weighted by Crippen LogP contribution is 2.37. The summed E-state index contributed by atoms with van der Waals surface area (Å²) >= 11 is 0. The van der Waals surface area contributed by atoms with E-state index >= 15 is 0 Å². The number of hydrogen-bond donors (Lipinski definition) is 0. The minimum absolute atomic E-state index is 0.0145. The topological polar surface area (TPSA) is 62.6 Å². The van der Waals surface area contributed by atoms with Crippen LogP contribution in [0.25, 0.3) is 0 Å². The molecule has 0 aliphatic carbocycles. The summed E-state index contributed by atoms with van der Waals surface area (Å²) in [5, 5.41) is 4.54. The lowest BCUT2D eigenvalue weighted by atomic mass is 10.2. The van der Waals surface area contributed by atoms with Gasteiger partial charge in [-0.05, 0) is 45.8 Å². The van der Waals surface area contributed by atoms with Crippen LogP contribution in [0.15, 0.2) is 6.07 Å². The van der Waals surface area contributed by atoms with Gasteiger partial charge in [0, 0.05) is 6.07 Å². The van der Waals surface area contributed by atoms with Gasteiger partial charge < -0.3 is 13.9 Å². The van der Waals surface area contributed by atoms with Gasteiger partial charge in [-0.15, -0.1) is 5.10 Å². The minimum Gasteiger partial charge on any atom is -0.474 e. The lowest BCUT2D eigenvalue weighted by Gasteiger charge is -2.38. The molecule has 0 spiro atoms. The Balaban J connectivity index is 2.98. The van der Waals surface area contributed by atoms with Crippen LogP contribution in [0.4, 0.5) is 0 Å². The van der Waals surface area contributed by atoms with Gasteiger partial charge in [0.1, 0.15) is 0 Å².